The Morgan fingerprint density at radius 3 is 2.95 bits per heavy atom. The first-order valence-corrected chi connectivity index (χ1v) is 7.11. The van der Waals surface area contributed by atoms with Gasteiger partial charge in [0.1, 0.15) is 17.7 Å². The van der Waals surface area contributed by atoms with E-state index in [-0.39, 0.29) is 0 Å². The largest absolute Gasteiger partial charge is 0.370 e. The summed E-state index contributed by atoms with van der Waals surface area (Å²) in [5.41, 5.74) is 0.603. The molecule has 0 unspecified atom stereocenters. The Kier molecular flexibility index (Phi) is 3.97. The minimum absolute atomic E-state index is 0.587. The number of hydrogen-bond donors (Lipinski definition) is 1. The van der Waals surface area contributed by atoms with Crippen molar-refractivity contribution in [2.45, 2.75) is 6.42 Å². The van der Waals surface area contributed by atoms with Gasteiger partial charge in [0.15, 0.2) is 0 Å². The third kappa shape index (κ3) is 3.29. The molecule has 1 aliphatic rings. The molecule has 0 bridgehead atoms. The van der Waals surface area contributed by atoms with Gasteiger partial charge in [-0.25, -0.2) is 9.97 Å². The summed E-state index contributed by atoms with van der Waals surface area (Å²) in [7, 11) is 0. The molecule has 0 spiro atoms. The third-order valence-electron chi connectivity index (χ3n) is 3.72. The molecule has 0 aliphatic carbocycles. The molecule has 5 heteroatoms. The van der Waals surface area contributed by atoms with Crippen molar-refractivity contribution in [1.82, 2.24) is 9.97 Å². The number of nitrogens with one attached hydrogen (secondary N) is 1. The van der Waals surface area contributed by atoms with E-state index in [1.54, 1.807) is 12.4 Å². The molecule has 2 aromatic rings. The molecule has 5 nitrogen and oxygen atoms in total. The van der Waals surface area contributed by atoms with Crippen molar-refractivity contribution >= 4 is 11.6 Å². The van der Waals surface area contributed by atoms with Gasteiger partial charge in [0.05, 0.1) is 5.56 Å². The van der Waals surface area contributed by atoms with E-state index in [4.69, 9.17) is 5.26 Å². The van der Waals surface area contributed by atoms with Crippen LogP contribution in [-0.2, 0) is 0 Å². The Hall–Kier alpha value is -2.61. The Morgan fingerprint density at radius 1 is 1.29 bits per heavy atom. The van der Waals surface area contributed by atoms with Crippen LogP contribution in [0, 0.1) is 17.2 Å². The first-order chi connectivity index (χ1) is 10.3. The number of nitriles is 1. The van der Waals surface area contributed by atoms with Crippen molar-refractivity contribution in [2.75, 3.05) is 29.9 Å². The second kappa shape index (κ2) is 6.23. The smallest absolute Gasteiger partial charge is 0.128 e. The van der Waals surface area contributed by atoms with Gasteiger partial charge < -0.3 is 10.2 Å². The molecule has 3 heterocycles. The lowest BCUT2D eigenvalue weighted by Crippen LogP contribution is -2.23. The van der Waals surface area contributed by atoms with Crippen molar-refractivity contribution in [3.63, 3.8) is 0 Å². The van der Waals surface area contributed by atoms with E-state index >= 15 is 0 Å². The number of pyridine rings is 2. The Balaban J connectivity index is 1.54. The Bertz CT molecular complexity index is 617. The van der Waals surface area contributed by atoms with Gasteiger partial charge in [0.25, 0.3) is 0 Å². The van der Waals surface area contributed by atoms with Crippen molar-refractivity contribution in [2.24, 2.45) is 5.92 Å². The van der Waals surface area contributed by atoms with Crippen LogP contribution in [0.3, 0.4) is 0 Å². The van der Waals surface area contributed by atoms with E-state index in [0.29, 0.717) is 11.5 Å². The van der Waals surface area contributed by atoms with Crippen molar-refractivity contribution in [1.29, 1.82) is 5.26 Å². The highest BCUT2D eigenvalue weighted by Gasteiger charge is 2.23. The molecule has 1 atom stereocenters. The van der Waals surface area contributed by atoms with Crippen LogP contribution in [0.1, 0.15) is 12.0 Å². The number of nitrogens with zero attached hydrogens (tertiary/aromatic N) is 4. The zero-order valence-corrected chi connectivity index (χ0v) is 11.7. The quantitative estimate of drug-likeness (QED) is 0.930. The minimum Gasteiger partial charge on any atom is -0.370 e. The molecule has 3 rings (SSSR count). The topological polar surface area (TPSA) is 64.8 Å². The molecule has 1 aliphatic heterocycles. The molecular formula is C16H17N5. The molecule has 0 saturated carbocycles. The number of anilines is 2. The summed E-state index contributed by atoms with van der Waals surface area (Å²) in [4.78, 5) is 10.9. The predicted molar refractivity (Wildman–Crippen MR) is 82.0 cm³/mol. The molecule has 106 valence electrons. The van der Waals surface area contributed by atoms with E-state index in [0.717, 1.165) is 37.7 Å². The summed E-state index contributed by atoms with van der Waals surface area (Å²) in [5.74, 6) is 2.46. The van der Waals surface area contributed by atoms with Crippen LogP contribution in [0.2, 0.25) is 0 Å². The third-order valence-corrected chi connectivity index (χ3v) is 3.72. The summed E-state index contributed by atoms with van der Waals surface area (Å²) in [6.45, 7) is 2.91. The van der Waals surface area contributed by atoms with E-state index in [9.17, 15) is 0 Å². The van der Waals surface area contributed by atoms with Crippen LogP contribution in [0.25, 0.3) is 0 Å². The summed E-state index contributed by atoms with van der Waals surface area (Å²) in [6.07, 6.45) is 4.57. The van der Waals surface area contributed by atoms with Gasteiger partial charge >= 0.3 is 0 Å². The molecule has 1 fully saturated rings. The zero-order chi connectivity index (χ0) is 14.5. The first-order valence-electron chi connectivity index (χ1n) is 7.11. The van der Waals surface area contributed by atoms with E-state index in [1.807, 2.05) is 30.3 Å². The fraction of sp³-hybridized carbons (Fsp3) is 0.312. The van der Waals surface area contributed by atoms with Crippen molar-refractivity contribution in [3.05, 3.63) is 48.3 Å². The Morgan fingerprint density at radius 2 is 2.24 bits per heavy atom. The lowest BCUT2D eigenvalue weighted by Gasteiger charge is -2.17. The number of rotatable bonds is 4. The molecule has 2 aromatic heterocycles. The Labute approximate surface area is 124 Å². The van der Waals surface area contributed by atoms with Crippen LogP contribution in [-0.4, -0.2) is 29.6 Å². The fourth-order valence-corrected chi connectivity index (χ4v) is 2.56. The predicted octanol–water partition coefficient (Wildman–Crippen LogP) is 2.29. The highest BCUT2D eigenvalue weighted by atomic mass is 15.2. The van der Waals surface area contributed by atoms with Gasteiger partial charge in [-0.2, -0.15) is 5.26 Å². The summed E-state index contributed by atoms with van der Waals surface area (Å²) < 4.78 is 0. The summed E-state index contributed by atoms with van der Waals surface area (Å²) in [5, 5.41) is 12.2. The lowest BCUT2D eigenvalue weighted by atomic mass is 10.1. The van der Waals surface area contributed by atoms with Gasteiger partial charge in [-0.3, -0.25) is 0 Å². The van der Waals surface area contributed by atoms with Gasteiger partial charge in [0, 0.05) is 32.0 Å². The monoisotopic (exact) mass is 279 g/mol. The maximum atomic E-state index is 8.80. The fourth-order valence-electron chi connectivity index (χ4n) is 2.56. The van der Waals surface area contributed by atoms with Crippen LogP contribution >= 0.6 is 0 Å². The van der Waals surface area contributed by atoms with E-state index in [1.165, 1.54) is 0 Å². The average Bonchev–Trinajstić information content (AvgIpc) is 3.03. The van der Waals surface area contributed by atoms with E-state index < -0.39 is 0 Å². The van der Waals surface area contributed by atoms with Gasteiger partial charge in [-0.15, -0.1) is 0 Å². The molecular weight excluding hydrogens is 262 g/mol. The van der Waals surface area contributed by atoms with Crippen LogP contribution in [0.5, 0.6) is 0 Å². The molecule has 0 aromatic carbocycles. The standard InChI is InChI=1S/C16H17N5/c17-9-13-4-5-16(20-10-13)21-8-6-14(12-21)11-19-15-3-1-2-7-18-15/h1-5,7,10,14H,6,8,11-12H2,(H,18,19)/t14-/m0/s1. The molecule has 0 amide bonds. The van der Waals surface area contributed by atoms with Gasteiger partial charge in [0.2, 0.25) is 0 Å². The molecule has 0 radical (unpaired) electrons. The highest BCUT2D eigenvalue weighted by Crippen LogP contribution is 2.22. The van der Waals surface area contributed by atoms with Crippen LogP contribution < -0.4 is 10.2 Å². The van der Waals surface area contributed by atoms with Crippen LogP contribution in [0.4, 0.5) is 11.6 Å². The maximum Gasteiger partial charge on any atom is 0.128 e. The normalized spacial score (nSPS) is 17.5. The van der Waals surface area contributed by atoms with Crippen molar-refractivity contribution in [3.8, 4) is 6.07 Å². The molecule has 21 heavy (non-hydrogen) atoms. The lowest BCUT2D eigenvalue weighted by molar-refractivity contribution is 0.621. The van der Waals surface area contributed by atoms with Crippen LogP contribution in [0.15, 0.2) is 42.7 Å². The van der Waals surface area contributed by atoms with Gasteiger partial charge in [-0.05, 0) is 36.6 Å². The zero-order valence-electron chi connectivity index (χ0n) is 11.7. The summed E-state index contributed by atoms with van der Waals surface area (Å²) in [6, 6.07) is 11.7. The first kappa shape index (κ1) is 13.4. The number of aromatic nitrogens is 2. The van der Waals surface area contributed by atoms with E-state index in [2.05, 4.69) is 26.3 Å². The highest BCUT2D eigenvalue weighted by molar-refractivity contribution is 5.43. The second-order valence-corrected chi connectivity index (χ2v) is 5.21. The summed E-state index contributed by atoms with van der Waals surface area (Å²) >= 11 is 0. The van der Waals surface area contributed by atoms with Gasteiger partial charge in [-0.1, -0.05) is 6.07 Å². The number of hydrogen-bond acceptors (Lipinski definition) is 5. The molecule has 1 saturated heterocycles. The average molecular weight is 279 g/mol. The van der Waals surface area contributed by atoms with Crippen molar-refractivity contribution < 1.29 is 0 Å². The second-order valence-electron chi connectivity index (χ2n) is 5.21. The maximum absolute atomic E-state index is 8.80. The molecule has 1 N–H and O–H groups in total. The minimum atomic E-state index is 0.587. The SMILES string of the molecule is N#Cc1ccc(N2CC[C@@H](CNc3ccccn3)C2)nc1.